The molecule has 0 bridgehead atoms. The molecule has 0 heterocycles. The molecular formula is C11H14BrFN2OS2. The van der Waals surface area contributed by atoms with Gasteiger partial charge in [-0.05, 0) is 35.0 Å². The van der Waals surface area contributed by atoms with Crippen molar-refractivity contribution in [3.05, 3.63) is 28.0 Å². The van der Waals surface area contributed by atoms with Crippen molar-refractivity contribution in [3.8, 4) is 0 Å². The van der Waals surface area contributed by atoms with Gasteiger partial charge >= 0.3 is 0 Å². The molecule has 3 nitrogen and oxygen atoms in total. The molecular weight excluding hydrogens is 339 g/mol. The van der Waals surface area contributed by atoms with Crippen LogP contribution in [0.5, 0.6) is 0 Å². The Bertz CT molecular complexity index is 496. The number of rotatable bonds is 5. The van der Waals surface area contributed by atoms with Gasteiger partial charge < -0.3 is 11.1 Å². The largest absolute Gasteiger partial charge is 0.389 e. The Balaban J connectivity index is 2.95. The van der Waals surface area contributed by atoms with E-state index in [0.717, 1.165) is 0 Å². The second-order valence-electron chi connectivity index (χ2n) is 3.94. The van der Waals surface area contributed by atoms with Gasteiger partial charge in [0.25, 0.3) is 0 Å². The Kier molecular flexibility index (Phi) is 5.68. The molecule has 0 aromatic heterocycles. The molecule has 0 saturated heterocycles. The lowest BCUT2D eigenvalue weighted by Crippen LogP contribution is -2.23. The average Bonchev–Trinajstić information content (AvgIpc) is 2.23. The highest BCUT2D eigenvalue weighted by atomic mass is 79.9. The number of thiocarbonyl (C=S) groups is 1. The first kappa shape index (κ1) is 15.5. The minimum atomic E-state index is -0.930. The van der Waals surface area contributed by atoms with E-state index >= 15 is 0 Å². The summed E-state index contributed by atoms with van der Waals surface area (Å²) in [6.45, 7) is 1.84. The molecule has 3 N–H and O–H groups in total. The lowest BCUT2D eigenvalue weighted by atomic mass is 10.2. The Morgan fingerprint density at radius 2 is 2.28 bits per heavy atom. The smallest absolute Gasteiger partial charge is 0.161 e. The molecule has 0 aliphatic rings. The maximum atomic E-state index is 14.0. The first-order valence-electron chi connectivity index (χ1n) is 5.17. The molecule has 1 rings (SSSR count). The summed E-state index contributed by atoms with van der Waals surface area (Å²) < 4.78 is 25.3. The molecule has 7 heteroatoms. The highest BCUT2D eigenvalue weighted by molar-refractivity contribution is 9.10. The van der Waals surface area contributed by atoms with Crippen LogP contribution in [0.4, 0.5) is 10.1 Å². The van der Waals surface area contributed by atoms with Crippen molar-refractivity contribution in [2.45, 2.75) is 13.0 Å². The minimum absolute atomic E-state index is 0.0899. The fourth-order valence-corrected chi connectivity index (χ4v) is 3.16. The number of halogens is 2. The SMILES string of the molecule is CC(CS(C)=O)Nc1ccc(C(N)=S)c(Br)c1F. The number of anilines is 1. The van der Waals surface area contributed by atoms with Crippen molar-refractivity contribution in [1.29, 1.82) is 0 Å². The summed E-state index contributed by atoms with van der Waals surface area (Å²) in [5, 5.41) is 2.97. The van der Waals surface area contributed by atoms with Gasteiger partial charge in [-0.3, -0.25) is 4.21 Å². The van der Waals surface area contributed by atoms with Crippen LogP contribution >= 0.6 is 28.1 Å². The number of nitrogens with one attached hydrogen (secondary N) is 1. The van der Waals surface area contributed by atoms with Crippen LogP contribution in [0.3, 0.4) is 0 Å². The quantitative estimate of drug-likeness (QED) is 0.799. The van der Waals surface area contributed by atoms with E-state index in [-0.39, 0.29) is 15.5 Å². The molecule has 0 amide bonds. The molecule has 2 atom stereocenters. The van der Waals surface area contributed by atoms with E-state index in [4.69, 9.17) is 18.0 Å². The zero-order valence-corrected chi connectivity index (χ0v) is 13.2. The Morgan fingerprint density at radius 3 is 2.78 bits per heavy atom. The number of nitrogens with two attached hydrogens (primary N) is 1. The second-order valence-corrected chi connectivity index (χ2v) is 6.65. The van der Waals surface area contributed by atoms with E-state index < -0.39 is 16.6 Å². The summed E-state index contributed by atoms with van der Waals surface area (Å²) in [5.74, 6) is 0.00252. The van der Waals surface area contributed by atoms with Crippen molar-refractivity contribution in [1.82, 2.24) is 0 Å². The van der Waals surface area contributed by atoms with Crippen LogP contribution in [0, 0.1) is 5.82 Å². The van der Waals surface area contributed by atoms with Crippen molar-refractivity contribution < 1.29 is 8.60 Å². The fourth-order valence-electron chi connectivity index (χ4n) is 1.51. The molecule has 0 radical (unpaired) electrons. The van der Waals surface area contributed by atoms with Crippen molar-refractivity contribution in [2.75, 3.05) is 17.3 Å². The molecule has 0 fully saturated rings. The molecule has 1 aromatic rings. The number of hydrogen-bond acceptors (Lipinski definition) is 3. The molecule has 2 unspecified atom stereocenters. The molecule has 1 aromatic carbocycles. The Labute approximate surface area is 122 Å². The zero-order chi connectivity index (χ0) is 13.9. The maximum absolute atomic E-state index is 14.0. The first-order valence-corrected chi connectivity index (χ1v) is 8.10. The van der Waals surface area contributed by atoms with Gasteiger partial charge in [-0.15, -0.1) is 0 Å². The van der Waals surface area contributed by atoms with Crippen LogP contribution in [0.1, 0.15) is 12.5 Å². The van der Waals surface area contributed by atoms with Crippen LogP contribution in [0.25, 0.3) is 0 Å². The van der Waals surface area contributed by atoms with Gasteiger partial charge in [-0.1, -0.05) is 12.2 Å². The highest BCUT2D eigenvalue weighted by Gasteiger charge is 2.14. The number of hydrogen-bond donors (Lipinski definition) is 2. The summed E-state index contributed by atoms with van der Waals surface area (Å²) >= 11 is 7.95. The van der Waals surface area contributed by atoms with Crippen LogP contribution in [0.15, 0.2) is 16.6 Å². The van der Waals surface area contributed by atoms with Gasteiger partial charge in [-0.2, -0.15) is 0 Å². The molecule has 100 valence electrons. The van der Waals surface area contributed by atoms with Crippen LogP contribution in [0.2, 0.25) is 0 Å². The van der Waals surface area contributed by atoms with E-state index in [1.54, 1.807) is 18.4 Å². The zero-order valence-electron chi connectivity index (χ0n) is 10.00. The van der Waals surface area contributed by atoms with Gasteiger partial charge in [0, 0.05) is 34.4 Å². The average molecular weight is 353 g/mol. The standard InChI is InChI=1S/C11H14BrFN2OS2/c1-6(5-18(2)16)15-8-4-3-7(11(14)17)9(12)10(8)13/h3-4,6,15H,5H2,1-2H3,(H2,14,17). The summed E-state index contributed by atoms with van der Waals surface area (Å²) in [6.07, 6.45) is 1.61. The minimum Gasteiger partial charge on any atom is -0.389 e. The lowest BCUT2D eigenvalue weighted by Gasteiger charge is -2.16. The van der Waals surface area contributed by atoms with Crippen molar-refractivity contribution >= 4 is 49.6 Å². The van der Waals surface area contributed by atoms with E-state index in [2.05, 4.69) is 21.2 Å². The van der Waals surface area contributed by atoms with Crippen LogP contribution in [-0.2, 0) is 10.8 Å². The third-order valence-electron chi connectivity index (χ3n) is 2.23. The molecule has 0 aliphatic heterocycles. The lowest BCUT2D eigenvalue weighted by molar-refractivity contribution is 0.621. The van der Waals surface area contributed by atoms with E-state index in [0.29, 0.717) is 17.0 Å². The van der Waals surface area contributed by atoms with Gasteiger partial charge in [0.05, 0.1) is 10.2 Å². The summed E-state index contributed by atoms with van der Waals surface area (Å²) in [4.78, 5) is 0.134. The first-order chi connectivity index (χ1) is 8.32. The third kappa shape index (κ3) is 4.00. The van der Waals surface area contributed by atoms with Crippen molar-refractivity contribution in [2.24, 2.45) is 5.73 Å². The Morgan fingerprint density at radius 1 is 1.67 bits per heavy atom. The topological polar surface area (TPSA) is 55.1 Å². The monoisotopic (exact) mass is 352 g/mol. The molecule has 0 aliphatic carbocycles. The van der Waals surface area contributed by atoms with Crippen LogP contribution in [-0.4, -0.2) is 27.2 Å². The Hall–Kier alpha value is -0.530. The van der Waals surface area contributed by atoms with E-state index in [1.807, 2.05) is 6.92 Å². The fraction of sp³-hybridized carbons (Fsp3) is 0.364. The predicted octanol–water partition coefficient (Wildman–Crippen LogP) is 2.40. The molecule has 0 saturated carbocycles. The maximum Gasteiger partial charge on any atom is 0.161 e. The number of benzene rings is 1. The van der Waals surface area contributed by atoms with E-state index in [1.165, 1.54) is 0 Å². The normalized spacial score (nSPS) is 14.0. The third-order valence-corrected chi connectivity index (χ3v) is 4.20. The second kappa shape index (κ2) is 6.58. The van der Waals surface area contributed by atoms with Crippen LogP contribution < -0.4 is 11.1 Å². The molecule has 0 spiro atoms. The summed E-state index contributed by atoms with van der Waals surface area (Å²) in [6, 6.07) is 3.13. The highest BCUT2D eigenvalue weighted by Crippen LogP contribution is 2.27. The molecule has 18 heavy (non-hydrogen) atoms. The van der Waals surface area contributed by atoms with E-state index in [9.17, 15) is 8.60 Å². The van der Waals surface area contributed by atoms with Crippen molar-refractivity contribution in [3.63, 3.8) is 0 Å². The van der Waals surface area contributed by atoms with Gasteiger partial charge in [-0.25, -0.2) is 4.39 Å². The van der Waals surface area contributed by atoms with Gasteiger partial charge in [0.2, 0.25) is 0 Å². The summed E-state index contributed by atoms with van der Waals surface area (Å²) in [7, 11) is -0.930. The summed E-state index contributed by atoms with van der Waals surface area (Å²) in [5.41, 5.74) is 6.27. The predicted molar refractivity (Wildman–Crippen MR) is 82.0 cm³/mol. The van der Waals surface area contributed by atoms with Gasteiger partial charge in [0.15, 0.2) is 5.82 Å². The van der Waals surface area contributed by atoms with Gasteiger partial charge in [0.1, 0.15) is 4.99 Å².